The molecule has 0 aromatic heterocycles. The molecule has 14 heavy (non-hydrogen) atoms. The SMILES string of the molecule is CC(C)OC(C)C(=O)N1CCOCC1. The molecule has 1 aliphatic rings. The lowest BCUT2D eigenvalue weighted by molar-refractivity contribution is -0.149. The molecule has 1 aliphatic heterocycles. The Hall–Kier alpha value is -0.610. The van der Waals surface area contributed by atoms with Crippen molar-refractivity contribution in [3.8, 4) is 0 Å². The Morgan fingerprint density at radius 2 is 1.86 bits per heavy atom. The first-order valence-electron chi connectivity index (χ1n) is 5.13. The van der Waals surface area contributed by atoms with Gasteiger partial charge in [-0.2, -0.15) is 0 Å². The van der Waals surface area contributed by atoms with Crippen molar-refractivity contribution in [1.82, 2.24) is 4.90 Å². The van der Waals surface area contributed by atoms with E-state index < -0.39 is 0 Å². The molecule has 1 saturated heterocycles. The smallest absolute Gasteiger partial charge is 0.251 e. The highest BCUT2D eigenvalue weighted by Crippen LogP contribution is 2.05. The zero-order valence-corrected chi connectivity index (χ0v) is 9.16. The van der Waals surface area contributed by atoms with Gasteiger partial charge in [0.1, 0.15) is 6.10 Å². The second-order valence-electron chi connectivity index (χ2n) is 3.76. The third kappa shape index (κ3) is 3.27. The minimum absolute atomic E-state index is 0.0713. The Labute approximate surface area is 85.2 Å². The molecule has 82 valence electrons. The number of rotatable bonds is 3. The second-order valence-corrected chi connectivity index (χ2v) is 3.76. The Morgan fingerprint density at radius 3 is 2.36 bits per heavy atom. The highest BCUT2D eigenvalue weighted by atomic mass is 16.5. The van der Waals surface area contributed by atoms with Gasteiger partial charge in [0.25, 0.3) is 5.91 Å². The molecule has 0 aromatic rings. The van der Waals surface area contributed by atoms with E-state index in [0.29, 0.717) is 26.3 Å². The molecule has 1 atom stereocenters. The van der Waals surface area contributed by atoms with Crippen LogP contribution < -0.4 is 0 Å². The van der Waals surface area contributed by atoms with E-state index in [1.807, 2.05) is 13.8 Å². The second kappa shape index (κ2) is 5.32. The third-order valence-corrected chi connectivity index (χ3v) is 2.15. The summed E-state index contributed by atoms with van der Waals surface area (Å²) in [6.45, 7) is 8.32. The monoisotopic (exact) mass is 201 g/mol. The predicted molar refractivity (Wildman–Crippen MR) is 53.1 cm³/mol. The molecule has 0 aromatic carbocycles. The summed E-state index contributed by atoms with van der Waals surface area (Å²) in [7, 11) is 0. The molecule has 1 rings (SSSR count). The highest BCUT2D eigenvalue weighted by Gasteiger charge is 2.23. The summed E-state index contributed by atoms with van der Waals surface area (Å²) in [6, 6.07) is 0. The first-order chi connectivity index (χ1) is 6.61. The van der Waals surface area contributed by atoms with Crippen LogP contribution in [0.2, 0.25) is 0 Å². The Morgan fingerprint density at radius 1 is 1.29 bits per heavy atom. The van der Waals surface area contributed by atoms with Crippen LogP contribution in [0, 0.1) is 0 Å². The van der Waals surface area contributed by atoms with Gasteiger partial charge in [-0.05, 0) is 20.8 Å². The molecule has 0 bridgehead atoms. The molecule has 1 heterocycles. The van der Waals surface area contributed by atoms with Gasteiger partial charge in [0.05, 0.1) is 19.3 Å². The number of morpholine rings is 1. The molecule has 0 N–H and O–H groups in total. The molecule has 4 heteroatoms. The van der Waals surface area contributed by atoms with Crippen molar-refractivity contribution < 1.29 is 14.3 Å². The van der Waals surface area contributed by atoms with Gasteiger partial charge < -0.3 is 14.4 Å². The van der Waals surface area contributed by atoms with Gasteiger partial charge in [-0.25, -0.2) is 0 Å². The van der Waals surface area contributed by atoms with E-state index in [4.69, 9.17) is 9.47 Å². The highest BCUT2D eigenvalue weighted by molar-refractivity contribution is 5.80. The largest absolute Gasteiger partial charge is 0.378 e. The van der Waals surface area contributed by atoms with E-state index in [1.54, 1.807) is 11.8 Å². The summed E-state index contributed by atoms with van der Waals surface area (Å²) in [4.78, 5) is 13.6. The first kappa shape index (κ1) is 11.5. The molecule has 0 aliphatic carbocycles. The maximum Gasteiger partial charge on any atom is 0.251 e. The standard InChI is InChI=1S/C10H19NO3/c1-8(2)14-9(3)10(12)11-4-6-13-7-5-11/h8-9H,4-7H2,1-3H3. The number of ether oxygens (including phenoxy) is 2. The van der Waals surface area contributed by atoms with Gasteiger partial charge >= 0.3 is 0 Å². The lowest BCUT2D eigenvalue weighted by Gasteiger charge is -2.29. The van der Waals surface area contributed by atoms with Gasteiger partial charge in [0.15, 0.2) is 0 Å². The Kier molecular flexibility index (Phi) is 4.35. The summed E-state index contributed by atoms with van der Waals surface area (Å²) in [5.41, 5.74) is 0. The third-order valence-electron chi connectivity index (χ3n) is 2.15. The molecule has 0 saturated carbocycles. The van der Waals surface area contributed by atoms with Crippen LogP contribution >= 0.6 is 0 Å². The van der Waals surface area contributed by atoms with Crippen LogP contribution in [0.5, 0.6) is 0 Å². The Balaban J connectivity index is 2.38. The molecule has 0 spiro atoms. The van der Waals surface area contributed by atoms with Crippen molar-refractivity contribution in [2.45, 2.75) is 33.0 Å². The average molecular weight is 201 g/mol. The Bertz CT molecular complexity index is 188. The minimum atomic E-state index is -0.340. The van der Waals surface area contributed by atoms with E-state index >= 15 is 0 Å². The van der Waals surface area contributed by atoms with Crippen LogP contribution in [-0.2, 0) is 14.3 Å². The lowest BCUT2D eigenvalue weighted by Crippen LogP contribution is -2.46. The zero-order valence-electron chi connectivity index (χ0n) is 9.16. The number of hydrogen-bond acceptors (Lipinski definition) is 3. The normalized spacial score (nSPS) is 19.9. The van der Waals surface area contributed by atoms with Crippen LogP contribution in [-0.4, -0.2) is 49.3 Å². The van der Waals surface area contributed by atoms with Crippen LogP contribution in [0.4, 0.5) is 0 Å². The average Bonchev–Trinajstić information content (AvgIpc) is 2.17. The van der Waals surface area contributed by atoms with Gasteiger partial charge in [0.2, 0.25) is 0 Å². The van der Waals surface area contributed by atoms with E-state index in [9.17, 15) is 4.79 Å². The number of hydrogen-bond donors (Lipinski definition) is 0. The number of carbonyl (C=O) groups is 1. The molecule has 0 radical (unpaired) electrons. The molecular weight excluding hydrogens is 182 g/mol. The number of nitrogens with zero attached hydrogens (tertiary/aromatic N) is 1. The van der Waals surface area contributed by atoms with Gasteiger partial charge in [-0.15, -0.1) is 0 Å². The summed E-state index contributed by atoms with van der Waals surface area (Å²) in [5, 5.41) is 0. The van der Waals surface area contributed by atoms with Crippen molar-refractivity contribution >= 4 is 5.91 Å². The van der Waals surface area contributed by atoms with E-state index in [2.05, 4.69) is 0 Å². The van der Waals surface area contributed by atoms with E-state index in [0.717, 1.165) is 0 Å². The van der Waals surface area contributed by atoms with Gasteiger partial charge in [-0.1, -0.05) is 0 Å². The topological polar surface area (TPSA) is 38.8 Å². The molecule has 1 unspecified atom stereocenters. The van der Waals surface area contributed by atoms with Crippen molar-refractivity contribution in [2.24, 2.45) is 0 Å². The summed E-state index contributed by atoms with van der Waals surface area (Å²) < 4.78 is 10.6. The zero-order chi connectivity index (χ0) is 10.6. The first-order valence-corrected chi connectivity index (χ1v) is 5.13. The van der Waals surface area contributed by atoms with Crippen molar-refractivity contribution in [2.75, 3.05) is 26.3 Å². The van der Waals surface area contributed by atoms with Crippen molar-refractivity contribution in [3.05, 3.63) is 0 Å². The van der Waals surface area contributed by atoms with Crippen LogP contribution in [0.3, 0.4) is 0 Å². The van der Waals surface area contributed by atoms with Crippen LogP contribution in [0.1, 0.15) is 20.8 Å². The maximum absolute atomic E-state index is 11.8. The van der Waals surface area contributed by atoms with Crippen LogP contribution in [0.15, 0.2) is 0 Å². The van der Waals surface area contributed by atoms with Gasteiger partial charge in [0, 0.05) is 13.1 Å². The molecule has 1 amide bonds. The predicted octanol–water partition coefficient (Wildman–Crippen LogP) is 0.659. The number of carbonyl (C=O) groups excluding carboxylic acids is 1. The summed E-state index contributed by atoms with van der Waals surface area (Å²) >= 11 is 0. The lowest BCUT2D eigenvalue weighted by atomic mass is 10.3. The fourth-order valence-electron chi connectivity index (χ4n) is 1.51. The summed E-state index contributed by atoms with van der Waals surface area (Å²) in [5.74, 6) is 0.0713. The molecular formula is C10H19NO3. The van der Waals surface area contributed by atoms with E-state index in [1.165, 1.54) is 0 Å². The number of amides is 1. The van der Waals surface area contributed by atoms with Gasteiger partial charge in [-0.3, -0.25) is 4.79 Å². The quantitative estimate of drug-likeness (QED) is 0.673. The summed E-state index contributed by atoms with van der Waals surface area (Å²) in [6.07, 6.45) is -0.247. The molecule has 1 fully saturated rings. The molecule has 4 nitrogen and oxygen atoms in total. The van der Waals surface area contributed by atoms with Crippen LogP contribution in [0.25, 0.3) is 0 Å². The van der Waals surface area contributed by atoms with E-state index in [-0.39, 0.29) is 18.1 Å². The fourth-order valence-corrected chi connectivity index (χ4v) is 1.51. The minimum Gasteiger partial charge on any atom is -0.378 e. The van der Waals surface area contributed by atoms with Crippen molar-refractivity contribution in [3.63, 3.8) is 0 Å². The maximum atomic E-state index is 11.8. The fraction of sp³-hybridized carbons (Fsp3) is 0.900. The van der Waals surface area contributed by atoms with Crippen molar-refractivity contribution in [1.29, 1.82) is 0 Å².